The molecule has 0 amide bonds. The van der Waals surface area contributed by atoms with Gasteiger partial charge in [0, 0.05) is 24.3 Å². The van der Waals surface area contributed by atoms with Gasteiger partial charge in [-0.25, -0.2) is 0 Å². The Balaban J connectivity index is 1.95. The Morgan fingerprint density at radius 3 is 2.65 bits per heavy atom. The van der Waals surface area contributed by atoms with E-state index in [4.69, 9.17) is 5.26 Å². The lowest BCUT2D eigenvalue weighted by Crippen LogP contribution is -2.34. The van der Waals surface area contributed by atoms with Crippen molar-refractivity contribution < 1.29 is 0 Å². The summed E-state index contributed by atoms with van der Waals surface area (Å²) < 4.78 is 1.90. The van der Waals surface area contributed by atoms with Gasteiger partial charge in [-0.1, -0.05) is 30.3 Å². The summed E-state index contributed by atoms with van der Waals surface area (Å²) >= 11 is 0. The van der Waals surface area contributed by atoms with E-state index >= 15 is 0 Å². The Hall–Kier alpha value is -2.12. The zero-order chi connectivity index (χ0) is 14.4. The summed E-state index contributed by atoms with van der Waals surface area (Å²) in [7, 11) is 0. The van der Waals surface area contributed by atoms with Gasteiger partial charge in [0.15, 0.2) is 0 Å². The smallest absolute Gasteiger partial charge is 0.0972 e. The molecule has 1 N–H and O–H groups in total. The van der Waals surface area contributed by atoms with Crippen LogP contribution in [-0.2, 0) is 6.54 Å². The first-order valence-corrected chi connectivity index (χ1v) is 6.92. The van der Waals surface area contributed by atoms with E-state index in [9.17, 15) is 0 Å². The predicted molar refractivity (Wildman–Crippen MR) is 80.0 cm³/mol. The molecule has 1 heterocycles. The van der Waals surface area contributed by atoms with Crippen molar-refractivity contribution in [3.8, 4) is 17.2 Å². The van der Waals surface area contributed by atoms with E-state index in [1.165, 1.54) is 0 Å². The molecular weight excluding hydrogens is 248 g/mol. The van der Waals surface area contributed by atoms with E-state index in [1.807, 2.05) is 49.1 Å². The third kappa shape index (κ3) is 3.94. The summed E-state index contributed by atoms with van der Waals surface area (Å²) in [6.45, 7) is 4.84. The van der Waals surface area contributed by atoms with E-state index < -0.39 is 0 Å². The third-order valence-electron chi connectivity index (χ3n) is 3.08. The van der Waals surface area contributed by atoms with Crippen LogP contribution in [0.3, 0.4) is 0 Å². The van der Waals surface area contributed by atoms with Crippen molar-refractivity contribution in [2.75, 3.05) is 0 Å². The minimum Gasteiger partial charge on any atom is -0.300 e. The number of rotatable bonds is 6. The van der Waals surface area contributed by atoms with E-state index in [-0.39, 0.29) is 6.04 Å². The van der Waals surface area contributed by atoms with Crippen LogP contribution in [0.25, 0.3) is 11.1 Å². The normalized spacial score (nSPS) is 12.3. The molecule has 20 heavy (non-hydrogen) atoms. The molecule has 104 valence electrons. The van der Waals surface area contributed by atoms with E-state index in [0.717, 1.165) is 24.1 Å². The van der Waals surface area contributed by atoms with Crippen LogP contribution in [0, 0.1) is 11.3 Å². The number of aryl methyl sites for hydroxylation is 1. The molecule has 1 unspecified atom stereocenters. The zero-order valence-electron chi connectivity index (χ0n) is 12.0. The molecule has 0 radical (unpaired) electrons. The molecule has 0 aliphatic heterocycles. The molecule has 0 aliphatic carbocycles. The second kappa shape index (κ2) is 6.88. The summed E-state index contributed by atoms with van der Waals surface area (Å²) in [6.07, 6.45) is 4.65. The first kappa shape index (κ1) is 14.3. The van der Waals surface area contributed by atoms with Crippen LogP contribution in [0.4, 0.5) is 0 Å². The van der Waals surface area contributed by atoms with Crippen molar-refractivity contribution in [1.29, 1.82) is 5.26 Å². The molecule has 1 aromatic heterocycles. The summed E-state index contributed by atoms with van der Waals surface area (Å²) in [5.74, 6) is 0. The van der Waals surface area contributed by atoms with Crippen molar-refractivity contribution in [3.05, 3.63) is 42.7 Å². The van der Waals surface area contributed by atoms with Gasteiger partial charge in [-0.15, -0.1) is 0 Å². The van der Waals surface area contributed by atoms with Crippen LogP contribution < -0.4 is 5.32 Å². The first-order valence-electron chi connectivity index (χ1n) is 6.92. The van der Waals surface area contributed by atoms with Crippen molar-refractivity contribution in [2.45, 2.75) is 38.9 Å². The average molecular weight is 268 g/mol. The van der Waals surface area contributed by atoms with Crippen LogP contribution in [0.15, 0.2) is 42.7 Å². The van der Waals surface area contributed by atoms with Gasteiger partial charge in [-0.2, -0.15) is 10.4 Å². The van der Waals surface area contributed by atoms with Crippen molar-refractivity contribution >= 4 is 0 Å². The fourth-order valence-electron chi connectivity index (χ4n) is 2.11. The Labute approximate surface area is 120 Å². The number of nitriles is 1. The molecule has 0 spiro atoms. The second-order valence-electron chi connectivity index (χ2n) is 5.15. The number of nitrogens with zero attached hydrogens (tertiary/aromatic N) is 3. The van der Waals surface area contributed by atoms with E-state index in [2.05, 4.69) is 28.6 Å². The maximum Gasteiger partial charge on any atom is 0.0972 e. The topological polar surface area (TPSA) is 53.6 Å². The van der Waals surface area contributed by atoms with Gasteiger partial charge in [0.1, 0.15) is 0 Å². The standard InChI is InChI=1S/C16H20N4/c1-13(2)19-16(10-17)8-9-20-12-15(11-18-20)14-6-4-3-5-7-14/h3-7,11-13,16,19H,8-9H2,1-2H3. The van der Waals surface area contributed by atoms with Gasteiger partial charge in [-0.05, 0) is 25.8 Å². The summed E-state index contributed by atoms with van der Waals surface area (Å²) in [5.41, 5.74) is 2.27. The fraction of sp³-hybridized carbons (Fsp3) is 0.375. The van der Waals surface area contributed by atoms with Gasteiger partial charge >= 0.3 is 0 Å². The van der Waals surface area contributed by atoms with Gasteiger partial charge in [-0.3, -0.25) is 10.00 Å². The van der Waals surface area contributed by atoms with Gasteiger partial charge in [0.25, 0.3) is 0 Å². The van der Waals surface area contributed by atoms with E-state index in [0.29, 0.717) is 6.04 Å². The highest BCUT2D eigenvalue weighted by Crippen LogP contribution is 2.17. The summed E-state index contributed by atoms with van der Waals surface area (Å²) in [6, 6.07) is 12.7. The molecule has 4 nitrogen and oxygen atoms in total. The van der Waals surface area contributed by atoms with Gasteiger partial charge < -0.3 is 0 Å². The zero-order valence-corrected chi connectivity index (χ0v) is 12.0. The molecule has 0 saturated heterocycles. The molecule has 0 bridgehead atoms. The molecule has 0 saturated carbocycles. The number of hydrogen-bond donors (Lipinski definition) is 1. The maximum atomic E-state index is 9.09. The highest BCUT2D eigenvalue weighted by molar-refractivity contribution is 5.61. The number of benzene rings is 1. The first-order chi connectivity index (χ1) is 9.69. The molecule has 2 rings (SSSR count). The average Bonchev–Trinajstić information content (AvgIpc) is 2.93. The van der Waals surface area contributed by atoms with Crippen LogP contribution >= 0.6 is 0 Å². The molecule has 0 fully saturated rings. The van der Waals surface area contributed by atoms with Crippen molar-refractivity contribution in [3.63, 3.8) is 0 Å². The Morgan fingerprint density at radius 2 is 2.00 bits per heavy atom. The lowest BCUT2D eigenvalue weighted by molar-refractivity contribution is 0.461. The number of nitrogens with one attached hydrogen (secondary N) is 1. The third-order valence-corrected chi connectivity index (χ3v) is 3.08. The van der Waals surface area contributed by atoms with Crippen molar-refractivity contribution in [1.82, 2.24) is 15.1 Å². The van der Waals surface area contributed by atoms with Gasteiger partial charge in [0.2, 0.25) is 0 Å². The number of aromatic nitrogens is 2. The lowest BCUT2D eigenvalue weighted by Gasteiger charge is -2.14. The van der Waals surface area contributed by atoms with Gasteiger partial charge in [0.05, 0.1) is 18.3 Å². The molecular formula is C16H20N4. The monoisotopic (exact) mass is 268 g/mol. The lowest BCUT2D eigenvalue weighted by atomic mass is 10.1. The van der Waals surface area contributed by atoms with Crippen LogP contribution in [0.1, 0.15) is 20.3 Å². The molecule has 1 aromatic carbocycles. The second-order valence-corrected chi connectivity index (χ2v) is 5.15. The minimum atomic E-state index is -0.126. The molecule has 4 heteroatoms. The predicted octanol–water partition coefficient (Wildman–Crippen LogP) is 2.83. The largest absolute Gasteiger partial charge is 0.300 e. The SMILES string of the molecule is CC(C)NC(C#N)CCn1cc(-c2ccccc2)cn1. The molecule has 1 atom stereocenters. The maximum absolute atomic E-state index is 9.09. The van der Waals surface area contributed by atoms with Crippen LogP contribution in [-0.4, -0.2) is 21.9 Å². The van der Waals surface area contributed by atoms with Crippen LogP contribution in [0.2, 0.25) is 0 Å². The summed E-state index contributed by atoms with van der Waals surface area (Å²) in [4.78, 5) is 0. The minimum absolute atomic E-state index is 0.126. The quantitative estimate of drug-likeness (QED) is 0.876. The molecule has 2 aromatic rings. The Morgan fingerprint density at radius 1 is 1.25 bits per heavy atom. The van der Waals surface area contributed by atoms with E-state index in [1.54, 1.807) is 0 Å². The Kier molecular flexibility index (Phi) is 4.91. The highest BCUT2D eigenvalue weighted by Gasteiger charge is 2.09. The highest BCUT2D eigenvalue weighted by atomic mass is 15.3. The summed E-state index contributed by atoms with van der Waals surface area (Å²) in [5, 5.41) is 16.7. The number of hydrogen-bond acceptors (Lipinski definition) is 3. The Bertz CT molecular complexity index is 566. The van der Waals surface area contributed by atoms with Crippen LogP contribution in [0.5, 0.6) is 0 Å². The molecule has 0 aliphatic rings. The fourth-order valence-corrected chi connectivity index (χ4v) is 2.11. The van der Waals surface area contributed by atoms with Crippen molar-refractivity contribution in [2.24, 2.45) is 0 Å².